The number of fused-ring (bicyclic) bond motifs is 6. The van der Waals surface area contributed by atoms with Crippen LogP contribution in [0.15, 0.2) is 18.2 Å². The number of aromatic hydroxyl groups is 1. The topological polar surface area (TPSA) is 66.8 Å². The molecule has 0 amide bonds. The molecular weight excluding hydrogens is 653 g/mol. The van der Waals surface area contributed by atoms with Crippen LogP contribution in [0.25, 0.3) is 0 Å². The van der Waals surface area contributed by atoms with Gasteiger partial charge in [0.25, 0.3) is 0 Å². The van der Waals surface area contributed by atoms with Gasteiger partial charge in [0, 0.05) is 11.8 Å². The summed E-state index contributed by atoms with van der Waals surface area (Å²) in [4.78, 5) is 12.1. The van der Waals surface area contributed by atoms with E-state index in [1.807, 2.05) is 12.1 Å². The van der Waals surface area contributed by atoms with E-state index in [1.165, 1.54) is 11.1 Å². The number of carbonyl (C=O) groups is 1. The van der Waals surface area contributed by atoms with Crippen molar-refractivity contribution in [1.82, 2.24) is 0 Å². The Hall–Kier alpha value is -2.04. The average molecular weight is 707 g/mol. The summed E-state index contributed by atoms with van der Waals surface area (Å²) in [6.45, 7) is 2.45. The molecule has 1 aromatic rings. The summed E-state index contributed by atoms with van der Waals surface area (Å²) in [6, 6.07) is 5.90. The normalized spacial score (nSPS) is 29.6. The van der Waals surface area contributed by atoms with Gasteiger partial charge in [0.2, 0.25) is 0 Å². The van der Waals surface area contributed by atoms with Crippen LogP contribution in [0, 0.1) is 34.5 Å². The Kier molecular flexibility index (Phi) is 11.3. The van der Waals surface area contributed by atoms with Crippen LogP contribution in [-0.4, -0.2) is 47.4 Å². The maximum absolute atomic E-state index is 13.7. The molecule has 0 saturated heterocycles. The van der Waals surface area contributed by atoms with E-state index in [4.69, 9.17) is 4.74 Å². The highest BCUT2D eigenvalue weighted by atomic mass is 19.4. The lowest BCUT2D eigenvalue weighted by Crippen LogP contribution is -2.51. The Morgan fingerprint density at radius 2 is 1.57 bits per heavy atom. The maximum Gasteiger partial charge on any atom is 0.459 e. The second-order valence-electron chi connectivity index (χ2n) is 15.9. The summed E-state index contributed by atoms with van der Waals surface area (Å²) in [6.07, 6.45) is 5.21. The second kappa shape index (κ2) is 14.5. The van der Waals surface area contributed by atoms with Gasteiger partial charge >= 0.3 is 24.0 Å². The number of alkyl halides is 7. The Balaban J connectivity index is 1.05. The number of phenolic OH excluding ortho intramolecular Hbond substituents is 1. The van der Waals surface area contributed by atoms with E-state index < -0.39 is 42.8 Å². The first-order chi connectivity index (χ1) is 23.0. The first-order valence-corrected chi connectivity index (χ1v) is 18.4. The highest BCUT2D eigenvalue weighted by Gasteiger charge is 2.73. The van der Waals surface area contributed by atoms with E-state index in [0.29, 0.717) is 42.3 Å². The zero-order valence-corrected chi connectivity index (χ0v) is 28.8. The van der Waals surface area contributed by atoms with Gasteiger partial charge in [-0.3, -0.25) is 4.79 Å². The largest absolute Gasteiger partial charge is 0.508 e. The third-order valence-electron chi connectivity index (χ3n) is 13.3. The number of hydrogen-bond donors (Lipinski definition) is 2. The molecule has 3 fully saturated rings. The number of halogens is 7. The quantitative estimate of drug-likeness (QED) is 0.102. The predicted octanol–water partition coefficient (Wildman–Crippen LogP) is 10.5. The number of ether oxygens (including phenoxy) is 1. The zero-order valence-electron chi connectivity index (χ0n) is 28.8. The molecule has 3 saturated carbocycles. The Bertz CT molecular complexity index is 1300. The van der Waals surface area contributed by atoms with Crippen LogP contribution in [0.1, 0.15) is 133 Å². The molecule has 2 N–H and O–H groups in total. The van der Waals surface area contributed by atoms with E-state index in [0.717, 1.165) is 90.6 Å². The molecule has 0 radical (unpaired) electrons. The minimum atomic E-state index is -6.36. The smallest absolute Gasteiger partial charge is 0.459 e. The van der Waals surface area contributed by atoms with Gasteiger partial charge in [-0.15, -0.1) is 0 Å². The average Bonchev–Trinajstić information content (AvgIpc) is 3.82. The Morgan fingerprint density at radius 1 is 0.939 bits per heavy atom. The van der Waals surface area contributed by atoms with Gasteiger partial charge in [-0.25, -0.2) is 0 Å². The van der Waals surface area contributed by atoms with Gasteiger partial charge < -0.3 is 14.9 Å². The SMILES string of the molecule is COC(=O)C(CCCCCCCCC[C@@H]1Cc2cc(O)ccc2C2CC[C@@]3(C)C(C[C@@H](O)C34CC4)C21)CCCC(F)(F)C(F)(F)C(F)(F)F. The van der Waals surface area contributed by atoms with Crippen molar-refractivity contribution in [3.63, 3.8) is 0 Å². The van der Waals surface area contributed by atoms with Crippen LogP contribution in [0.5, 0.6) is 5.75 Å². The zero-order chi connectivity index (χ0) is 35.8. The number of esters is 1. The number of carbonyl (C=O) groups excluding carboxylic acids is 1. The molecule has 49 heavy (non-hydrogen) atoms. The fourth-order valence-electron chi connectivity index (χ4n) is 10.5. The summed E-state index contributed by atoms with van der Waals surface area (Å²) >= 11 is 0. The van der Waals surface area contributed by atoms with Crippen LogP contribution in [0.4, 0.5) is 30.7 Å². The van der Waals surface area contributed by atoms with Crippen molar-refractivity contribution < 1.29 is 50.5 Å². The number of aliphatic hydroxyl groups excluding tert-OH is 1. The van der Waals surface area contributed by atoms with Crippen molar-refractivity contribution >= 4 is 5.97 Å². The standard InChI is InChI=1S/C38H53F7O4/c1-34-18-16-29-28-15-14-27(46)22-26(28)21-25(32(29)30(34)23-31(47)35(34)19-20-35)12-9-7-5-3-4-6-8-11-24(33(48)49-2)13-10-17-36(39,40)37(41,42)38(43,44)45/h14-15,22,24-25,29-32,46-47H,3-13,16-21,23H2,1-2H3/t24?,25-,29?,30?,31-,32?,34+/m1/s1. The molecule has 0 aromatic heterocycles. The van der Waals surface area contributed by atoms with Gasteiger partial charge in [-0.1, -0.05) is 57.9 Å². The van der Waals surface area contributed by atoms with E-state index in [2.05, 4.69) is 13.0 Å². The van der Waals surface area contributed by atoms with Crippen molar-refractivity contribution in [2.45, 2.75) is 153 Å². The molecule has 4 aliphatic rings. The summed E-state index contributed by atoms with van der Waals surface area (Å²) in [7, 11) is 1.13. The molecule has 1 aromatic carbocycles. The Morgan fingerprint density at radius 3 is 2.20 bits per heavy atom. The monoisotopic (exact) mass is 706 g/mol. The molecule has 4 nitrogen and oxygen atoms in total. The molecule has 5 rings (SSSR count). The van der Waals surface area contributed by atoms with E-state index in [9.17, 15) is 45.7 Å². The number of benzene rings is 1. The first kappa shape index (κ1) is 38.2. The molecule has 11 heteroatoms. The molecule has 4 aliphatic carbocycles. The summed E-state index contributed by atoms with van der Waals surface area (Å²) in [5.41, 5.74) is 2.97. The molecule has 278 valence electrons. The maximum atomic E-state index is 13.7. The van der Waals surface area contributed by atoms with Crippen molar-refractivity contribution in [3.8, 4) is 5.75 Å². The molecule has 4 unspecified atom stereocenters. The lowest BCUT2D eigenvalue weighted by atomic mass is 9.50. The van der Waals surface area contributed by atoms with Gasteiger partial charge in [0.1, 0.15) is 5.75 Å². The number of hydrogen-bond acceptors (Lipinski definition) is 4. The third-order valence-corrected chi connectivity index (χ3v) is 13.3. The fraction of sp³-hybridized carbons (Fsp3) is 0.816. The molecule has 1 spiro atoms. The van der Waals surface area contributed by atoms with Crippen molar-refractivity contribution in [2.75, 3.05) is 7.11 Å². The molecule has 7 atom stereocenters. The number of unbranched alkanes of at least 4 members (excludes halogenated alkanes) is 6. The van der Waals surface area contributed by atoms with E-state index in [1.54, 1.807) is 0 Å². The van der Waals surface area contributed by atoms with Gasteiger partial charge in [-0.2, -0.15) is 30.7 Å². The second-order valence-corrected chi connectivity index (χ2v) is 15.9. The van der Waals surface area contributed by atoms with Crippen LogP contribution in [0.2, 0.25) is 0 Å². The first-order valence-electron chi connectivity index (χ1n) is 18.4. The van der Waals surface area contributed by atoms with Crippen molar-refractivity contribution in [3.05, 3.63) is 29.3 Å². The minimum Gasteiger partial charge on any atom is -0.508 e. The lowest BCUT2D eigenvalue weighted by Gasteiger charge is -2.54. The molecule has 0 bridgehead atoms. The highest BCUT2D eigenvalue weighted by Crippen LogP contribution is 2.76. The lowest BCUT2D eigenvalue weighted by molar-refractivity contribution is -0.355. The summed E-state index contributed by atoms with van der Waals surface area (Å²) < 4.78 is 95.7. The fourth-order valence-corrected chi connectivity index (χ4v) is 10.5. The summed E-state index contributed by atoms with van der Waals surface area (Å²) in [5.74, 6) is -10.5. The van der Waals surface area contributed by atoms with Crippen LogP contribution < -0.4 is 0 Å². The minimum absolute atomic E-state index is 0.113. The van der Waals surface area contributed by atoms with E-state index >= 15 is 0 Å². The van der Waals surface area contributed by atoms with Gasteiger partial charge in [0.05, 0.1) is 19.1 Å². The van der Waals surface area contributed by atoms with Crippen LogP contribution >= 0.6 is 0 Å². The summed E-state index contributed by atoms with van der Waals surface area (Å²) in [5, 5.41) is 21.5. The Labute approximate surface area is 285 Å². The third kappa shape index (κ3) is 7.35. The number of aliphatic hydroxyl groups is 1. The van der Waals surface area contributed by atoms with Gasteiger partial charge in [0.15, 0.2) is 0 Å². The predicted molar refractivity (Wildman–Crippen MR) is 172 cm³/mol. The number of phenols is 1. The molecule has 0 aliphatic heterocycles. The highest BCUT2D eigenvalue weighted by molar-refractivity contribution is 5.72. The van der Waals surface area contributed by atoms with Crippen molar-refractivity contribution in [1.29, 1.82) is 0 Å². The number of rotatable bonds is 16. The molecular formula is C38H53F7O4. The number of methoxy groups -OCH3 is 1. The van der Waals surface area contributed by atoms with Gasteiger partial charge in [-0.05, 0) is 117 Å². The van der Waals surface area contributed by atoms with Crippen molar-refractivity contribution in [2.24, 2.45) is 34.5 Å². The molecule has 0 heterocycles. The van der Waals surface area contributed by atoms with Crippen LogP contribution in [0.3, 0.4) is 0 Å². The van der Waals surface area contributed by atoms with E-state index in [-0.39, 0.29) is 23.4 Å². The van der Waals surface area contributed by atoms with Crippen LogP contribution in [-0.2, 0) is 16.0 Å².